The van der Waals surface area contributed by atoms with E-state index in [1.165, 1.54) is 0 Å². The summed E-state index contributed by atoms with van der Waals surface area (Å²) in [5.41, 5.74) is 2.98. The number of nitrogens with one attached hydrogen (secondary N) is 2. The van der Waals surface area contributed by atoms with Gasteiger partial charge < -0.3 is 15.4 Å². The van der Waals surface area contributed by atoms with Gasteiger partial charge in [0.15, 0.2) is 5.69 Å². The Morgan fingerprint density at radius 3 is 2.76 bits per heavy atom. The van der Waals surface area contributed by atoms with Crippen molar-refractivity contribution in [1.82, 2.24) is 20.0 Å². The standard InChI is InChI=1S/C22H24N4O3/c1-15-7-2-3-8-16(15)13-23-21(27)19-18-10-4-5-11-26(18)20(25-19)22(28)24-14-17-9-6-12-29-17/h2-5,7-8,10-11,17H,6,9,12-14H2,1H3,(H,23,27)(H,24,28). The molecule has 1 atom stereocenters. The van der Waals surface area contributed by atoms with Gasteiger partial charge in [0.1, 0.15) is 0 Å². The molecule has 0 spiro atoms. The zero-order chi connectivity index (χ0) is 20.2. The number of rotatable bonds is 6. The molecule has 2 amide bonds. The Morgan fingerprint density at radius 2 is 1.97 bits per heavy atom. The molecule has 1 unspecified atom stereocenters. The molecule has 7 nitrogen and oxygen atoms in total. The van der Waals surface area contributed by atoms with Crippen LogP contribution in [0.4, 0.5) is 0 Å². The molecule has 3 aromatic rings. The van der Waals surface area contributed by atoms with Crippen molar-refractivity contribution in [3.05, 3.63) is 71.3 Å². The number of nitrogens with zero attached hydrogens (tertiary/aromatic N) is 2. The largest absolute Gasteiger partial charge is 0.376 e. The van der Waals surface area contributed by atoms with Gasteiger partial charge in [-0.2, -0.15) is 0 Å². The van der Waals surface area contributed by atoms with E-state index in [1.54, 1.807) is 22.7 Å². The minimum absolute atomic E-state index is 0.0436. The molecule has 2 aromatic heterocycles. The first-order valence-corrected chi connectivity index (χ1v) is 9.83. The molecule has 0 bridgehead atoms. The van der Waals surface area contributed by atoms with E-state index in [1.807, 2.05) is 37.3 Å². The lowest BCUT2D eigenvalue weighted by Crippen LogP contribution is -2.33. The SMILES string of the molecule is Cc1ccccc1CNC(=O)c1nc(C(=O)NCC2CCCO2)n2ccccc12. The zero-order valence-corrected chi connectivity index (χ0v) is 16.4. The molecule has 1 aliphatic rings. The molecule has 0 saturated carbocycles. The van der Waals surface area contributed by atoms with Gasteiger partial charge in [-0.15, -0.1) is 0 Å². The van der Waals surface area contributed by atoms with Crippen LogP contribution in [-0.2, 0) is 11.3 Å². The second kappa shape index (κ2) is 8.45. The van der Waals surface area contributed by atoms with Gasteiger partial charge in [-0.3, -0.25) is 14.0 Å². The van der Waals surface area contributed by atoms with E-state index in [-0.39, 0.29) is 29.4 Å². The van der Waals surface area contributed by atoms with Crippen molar-refractivity contribution >= 4 is 17.3 Å². The maximum absolute atomic E-state index is 12.8. The highest BCUT2D eigenvalue weighted by atomic mass is 16.5. The molecule has 1 fully saturated rings. The summed E-state index contributed by atoms with van der Waals surface area (Å²) in [5, 5.41) is 5.78. The fraction of sp³-hybridized carbons (Fsp3) is 0.318. The Labute approximate surface area is 169 Å². The lowest BCUT2D eigenvalue weighted by molar-refractivity contribution is 0.0848. The van der Waals surface area contributed by atoms with Crippen LogP contribution in [-0.4, -0.2) is 40.5 Å². The first-order chi connectivity index (χ1) is 14.1. The normalized spacial score (nSPS) is 16.1. The van der Waals surface area contributed by atoms with Crippen LogP contribution in [0.1, 0.15) is 45.1 Å². The van der Waals surface area contributed by atoms with Gasteiger partial charge in [0.2, 0.25) is 5.82 Å². The molecular weight excluding hydrogens is 368 g/mol. The molecule has 0 radical (unpaired) electrons. The average molecular weight is 392 g/mol. The predicted octanol–water partition coefficient (Wildman–Crippen LogP) is 2.48. The zero-order valence-electron chi connectivity index (χ0n) is 16.4. The van der Waals surface area contributed by atoms with E-state index >= 15 is 0 Å². The van der Waals surface area contributed by atoms with Gasteiger partial charge in [0.05, 0.1) is 11.6 Å². The molecule has 0 aliphatic carbocycles. The summed E-state index contributed by atoms with van der Waals surface area (Å²) in [6.07, 6.45) is 3.73. The molecule has 4 rings (SSSR count). The molecule has 150 valence electrons. The number of aryl methyl sites for hydroxylation is 1. The quantitative estimate of drug-likeness (QED) is 0.675. The van der Waals surface area contributed by atoms with Gasteiger partial charge >= 0.3 is 0 Å². The number of amides is 2. The van der Waals surface area contributed by atoms with Gasteiger partial charge in [-0.25, -0.2) is 4.98 Å². The molecule has 7 heteroatoms. The molecule has 1 aliphatic heterocycles. The molecule has 29 heavy (non-hydrogen) atoms. The van der Waals surface area contributed by atoms with Crippen LogP contribution < -0.4 is 10.6 Å². The fourth-order valence-corrected chi connectivity index (χ4v) is 3.52. The lowest BCUT2D eigenvalue weighted by atomic mass is 10.1. The number of hydrogen-bond acceptors (Lipinski definition) is 4. The van der Waals surface area contributed by atoms with Crippen molar-refractivity contribution in [3.8, 4) is 0 Å². The first-order valence-electron chi connectivity index (χ1n) is 9.83. The monoisotopic (exact) mass is 392 g/mol. The number of aromatic nitrogens is 2. The van der Waals surface area contributed by atoms with Crippen molar-refractivity contribution in [2.24, 2.45) is 0 Å². The molecular formula is C22H24N4O3. The van der Waals surface area contributed by atoms with Crippen LogP contribution in [0.25, 0.3) is 5.52 Å². The van der Waals surface area contributed by atoms with Gasteiger partial charge in [-0.05, 0) is 43.0 Å². The number of carbonyl (C=O) groups excluding carboxylic acids is 2. The number of benzene rings is 1. The van der Waals surface area contributed by atoms with E-state index in [0.717, 1.165) is 30.6 Å². The van der Waals surface area contributed by atoms with E-state index in [9.17, 15) is 9.59 Å². The number of pyridine rings is 1. The summed E-state index contributed by atoms with van der Waals surface area (Å²) in [5.74, 6) is -0.436. The predicted molar refractivity (Wildman–Crippen MR) is 109 cm³/mol. The summed E-state index contributed by atoms with van der Waals surface area (Å²) >= 11 is 0. The summed E-state index contributed by atoms with van der Waals surface area (Å²) < 4.78 is 7.19. The van der Waals surface area contributed by atoms with Crippen molar-refractivity contribution in [2.75, 3.05) is 13.2 Å². The van der Waals surface area contributed by atoms with Gasteiger partial charge in [0, 0.05) is 25.9 Å². The highest BCUT2D eigenvalue weighted by Crippen LogP contribution is 2.15. The number of ether oxygens (including phenoxy) is 1. The first kappa shape index (κ1) is 19.1. The second-order valence-corrected chi connectivity index (χ2v) is 7.19. The fourth-order valence-electron chi connectivity index (χ4n) is 3.52. The third-order valence-electron chi connectivity index (χ3n) is 5.18. The van der Waals surface area contributed by atoms with E-state index in [0.29, 0.717) is 18.6 Å². The van der Waals surface area contributed by atoms with Crippen LogP contribution >= 0.6 is 0 Å². The van der Waals surface area contributed by atoms with Crippen molar-refractivity contribution in [3.63, 3.8) is 0 Å². The number of hydrogen-bond donors (Lipinski definition) is 2. The Bertz CT molecular complexity index is 1040. The smallest absolute Gasteiger partial charge is 0.287 e. The van der Waals surface area contributed by atoms with Crippen LogP contribution in [0.15, 0.2) is 48.7 Å². The second-order valence-electron chi connectivity index (χ2n) is 7.19. The average Bonchev–Trinajstić information content (AvgIpc) is 3.39. The summed E-state index contributed by atoms with van der Waals surface area (Å²) in [6.45, 7) is 3.58. The van der Waals surface area contributed by atoms with Gasteiger partial charge in [0.25, 0.3) is 11.8 Å². The summed E-state index contributed by atoms with van der Waals surface area (Å²) in [4.78, 5) is 29.9. The van der Waals surface area contributed by atoms with Gasteiger partial charge in [-0.1, -0.05) is 30.3 Å². The van der Waals surface area contributed by atoms with Crippen molar-refractivity contribution in [2.45, 2.75) is 32.4 Å². The van der Waals surface area contributed by atoms with Crippen LogP contribution in [0.2, 0.25) is 0 Å². The van der Waals surface area contributed by atoms with E-state index in [4.69, 9.17) is 4.74 Å². The number of carbonyl (C=O) groups is 2. The Balaban J connectivity index is 1.52. The Morgan fingerprint density at radius 1 is 1.14 bits per heavy atom. The Kier molecular flexibility index (Phi) is 5.57. The highest BCUT2D eigenvalue weighted by molar-refractivity contribution is 6.02. The molecule has 1 saturated heterocycles. The lowest BCUT2D eigenvalue weighted by Gasteiger charge is -2.10. The molecule has 2 N–H and O–H groups in total. The van der Waals surface area contributed by atoms with Crippen LogP contribution in [0.3, 0.4) is 0 Å². The highest BCUT2D eigenvalue weighted by Gasteiger charge is 2.23. The number of imidazole rings is 1. The maximum atomic E-state index is 12.8. The van der Waals surface area contributed by atoms with E-state index < -0.39 is 0 Å². The summed E-state index contributed by atoms with van der Waals surface area (Å²) in [6, 6.07) is 13.3. The van der Waals surface area contributed by atoms with E-state index in [2.05, 4.69) is 15.6 Å². The maximum Gasteiger partial charge on any atom is 0.287 e. The van der Waals surface area contributed by atoms with Crippen LogP contribution in [0.5, 0.6) is 0 Å². The number of fused-ring (bicyclic) bond motifs is 1. The Hall–Kier alpha value is -3.19. The van der Waals surface area contributed by atoms with Crippen molar-refractivity contribution in [1.29, 1.82) is 0 Å². The minimum atomic E-state index is -0.320. The topological polar surface area (TPSA) is 84.7 Å². The summed E-state index contributed by atoms with van der Waals surface area (Å²) in [7, 11) is 0. The third kappa shape index (κ3) is 4.14. The molecule has 1 aromatic carbocycles. The minimum Gasteiger partial charge on any atom is -0.376 e. The molecule has 3 heterocycles. The van der Waals surface area contributed by atoms with Crippen LogP contribution in [0, 0.1) is 6.92 Å². The third-order valence-corrected chi connectivity index (χ3v) is 5.18. The van der Waals surface area contributed by atoms with Crippen molar-refractivity contribution < 1.29 is 14.3 Å².